The molecular formula is C12H12N3+. The molecule has 15 heavy (non-hydrogen) atoms. The van der Waals surface area contributed by atoms with Gasteiger partial charge in [0.15, 0.2) is 0 Å². The van der Waals surface area contributed by atoms with Crippen molar-refractivity contribution in [2.45, 2.75) is 6.54 Å². The molecule has 1 heterocycles. The Balaban J connectivity index is 2.28. The van der Waals surface area contributed by atoms with Crippen molar-refractivity contribution in [3.63, 3.8) is 0 Å². The Kier molecular flexibility index (Phi) is 2.51. The molecule has 0 aliphatic carbocycles. The molecule has 0 spiro atoms. The van der Waals surface area contributed by atoms with Gasteiger partial charge in [-0.25, -0.2) is 9.13 Å². The molecule has 74 valence electrons. The fourth-order valence-electron chi connectivity index (χ4n) is 1.56. The van der Waals surface area contributed by atoms with E-state index in [-0.39, 0.29) is 0 Å². The van der Waals surface area contributed by atoms with Crippen LogP contribution in [0.4, 0.5) is 0 Å². The second-order valence-electron chi connectivity index (χ2n) is 3.52. The lowest BCUT2D eigenvalue weighted by atomic mass is 10.1. The molecule has 3 heteroatoms. The summed E-state index contributed by atoms with van der Waals surface area (Å²) in [5, 5.41) is 8.94. The fourth-order valence-corrected chi connectivity index (χ4v) is 1.56. The van der Waals surface area contributed by atoms with Gasteiger partial charge in [0.2, 0.25) is 6.33 Å². The lowest BCUT2D eigenvalue weighted by Gasteiger charge is -1.99. The van der Waals surface area contributed by atoms with Crippen molar-refractivity contribution in [3.8, 4) is 6.07 Å². The van der Waals surface area contributed by atoms with E-state index in [4.69, 9.17) is 5.26 Å². The average Bonchev–Trinajstić information content (AvgIpc) is 2.65. The Morgan fingerprint density at radius 3 is 2.87 bits per heavy atom. The van der Waals surface area contributed by atoms with Crippen LogP contribution in [0.5, 0.6) is 0 Å². The lowest BCUT2D eigenvalue weighted by molar-refractivity contribution is -0.671. The summed E-state index contributed by atoms with van der Waals surface area (Å²) in [6.07, 6.45) is 5.97. The first-order valence-corrected chi connectivity index (χ1v) is 4.78. The maximum atomic E-state index is 8.94. The quantitative estimate of drug-likeness (QED) is 0.668. The predicted molar refractivity (Wildman–Crippen MR) is 55.9 cm³/mol. The van der Waals surface area contributed by atoms with Crippen LogP contribution in [0.15, 0.2) is 43.0 Å². The molecule has 0 aliphatic heterocycles. The molecule has 1 aromatic carbocycles. The van der Waals surface area contributed by atoms with E-state index in [9.17, 15) is 0 Å². The van der Waals surface area contributed by atoms with E-state index in [2.05, 4.69) is 10.6 Å². The molecule has 0 saturated carbocycles. The molecule has 3 nitrogen and oxygen atoms in total. The molecule has 1 aromatic heterocycles. The van der Waals surface area contributed by atoms with Gasteiger partial charge in [-0.1, -0.05) is 18.2 Å². The molecule has 0 fully saturated rings. The van der Waals surface area contributed by atoms with Gasteiger partial charge in [0, 0.05) is 5.56 Å². The number of rotatable bonds is 2. The minimum absolute atomic E-state index is 0.741. The number of aromatic nitrogens is 2. The molecule has 0 aliphatic rings. The third kappa shape index (κ3) is 2.05. The number of imidazole rings is 1. The Bertz CT molecular complexity index is 506. The smallest absolute Gasteiger partial charge is 0.240 e. The van der Waals surface area contributed by atoms with Gasteiger partial charge in [0.05, 0.1) is 18.7 Å². The Labute approximate surface area is 88.8 Å². The summed E-state index contributed by atoms with van der Waals surface area (Å²) < 4.78 is 4.03. The third-order valence-corrected chi connectivity index (χ3v) is 2.31. The number of aryl methyl sites for hydroxylation is 1. The van der Waals surface area contributed by atoms with E-state index >= 15 is 0 Å². The maximum Gasteiger partial charge on any atom is 0.243 e. The molecule has 0 atom stereocenters. The standard InChI is InChI=1S/C12H12N3/c1-14-6-7-15(10-14)9-12-5-3-2-4-11(12)8-13/h2-7,10H,9H2,1H3/q+1. The number of hydrogen-bond donors (Lipinski definition) is 0. The van der Waals surface area contributed by atoms with Gasteiger partial charge in [0.25, 0.3) is 0 Å². The van der Waals surface area contributed by atoms with Crippen molar-refractivity contribution in [3.05, 3.63) is 54.1 Å². The zero-order valence-corrected chi connectivity index (χ0v) is 8.59. The highest BCUT2D eigenvalue weighted by Gasteiger charge is 2.05. The summed E-state index contributed by atoms with van der Waals surface area (Å²) >= 11 is 0. The second kappa shape index (κ2) is 3.97. The van der Waals surface area contributed by atoms with Gasteiger partial charge >= 0.3 is 0 Å². The van der Waals surface area contributed by atoms with Crippen molar-refractivity contribution in [1.29, 1.82) is 5.26 Å². The molecule has 0 radical (unpaired) electrons. The van der Waals surface area contributed by atoms with Crippen LogP contribution in [0.1, 0.15) is 11.1 Å². The van der Waals surface area contributed by atoms with Crippen molar-refractivity contribution in [2.24, 2.45) is 7.05 Å². The SMILES string of the molecule is C[n+]1ccn(Cc2ccccc2C#N)c1. The van der Waals surface area contributed by atoms with Crippen LogP contribution >= 0.6 is 0 Å². The van der Waals surface area contributed by atoms with Gasteiger partial charge in [0.1, 0.15) is 18.9 Å². The normalized spacial score (nSPS) is 9.87. The van der Waals surface area contributed by atoms with Crippen molar-refractivity contribution < 1.29 is 4.57 Å². The number of nitrogens with zero attached hydrogens (tertiary/aromatic N) is 3. The maximum absolute atomic E-state index is 8.94. The molecule has 0 bridgehead atoms. The summed E-state index contributed by atoms with van der Waals surface area (Å²) in [4.78, 5) is 0. The van der Waals surface area contributed by atoms with Crippen LogP contribution in [-0.4, -0.2) is 4.57 Å². The molecule has 2 rings (SSSR count). The summed E-state index contributed by atoms with van der Waals surface area (Å²) in [5.41, 5.74) is 1.80. The zero-order valence-electron chi connectivity index (χ0n) is 8.59. The van der Waals surface area contributed by atoms with Crippen LogP contribution in [0.25, 0.3) is 0 Å². The van der Waals surface area contributed by atoms with E-state index in [1.54, 1.807) is 0 Å². The highest BCUT2D eigenvalue weighted by Crippen LogP contribution is 2.08. The Morgan fingerprint density at radius 1 is 1.40 bits per heavy atom. The number of benzene rings is 1. The topological polar surface area (TPSA) is 32.6 Å². The molecule has 0 unspecified atom stereocenters. The second-order valence-corrected chi connectivity index (χ2v) is 3.52. The number of hydrogen-bond acceptors (Lipinski definition) is 1. The molecule has 0 N–H and O–H groups in total. The monoisotopic (exact) mass is 198 g/mol. The van der Waals surface area contributed by atoms with Crippen LogP contribution in [0, 0.1) is 11.3 Å². The largest absolute Gasteiger partial charge is 0.243 e. The van der Waals surface area contributed by atoms with Gasteiger partial charge in [-0.05, 0) is 6.07 Å². The summed E-state index contributed by atoms with van der Waals surface area (Å²) in [6.45, 7) is 0.741. The van der Waals surface area contributed by atoms with E-state index in [0.717, 1.165) is 17.7 Å². The summed E-state index contributed by atoms with van der Waals surface area (Å²) in [5.74, 6) is 0. The Morgan fingerprint density at radius 2 is 2.20 bits per heavy atom. The van der Waals surface area contributed by atoms with E-state index in [1.165, 1.54) is 0 Å². The summed E-state index contributed by atoms with van der Waals surface area (Å²) in [7, 11) is 1.98. The highest BCUT2D eigenvalue weighted by atomic mass is 15.1. The van der Waals surface area contributed by atoms with Crippen LogP contribution in [0.3, 0.4) is 0 Å². The highest BCUT2D eigenvalue weighted by molar-refractivity contribution is 5.37. The molecule has 0 amide bonds. The minimum atomic E-state index is 0.741. The predicted octanol–water partition coefficient (Wildman–Crippen LogP) is 1.23. The van der Waals surface area contributed by atoms with Crippen LogP contribution < -0.4 is 4.57 Å². The van der Waals surface area contributed by atoms with Gasteiger partial charge in [-0.15, -0.1) is 0 Å². The number of nitriles is 1. The van der Waals surface area contributed by atoms with Gasteiger partial charge in [-0.3, -0.25) is 0 Å². The Hall–Kier alpha value is -2.08. The van der Waals surface area contributed by atoms with Crippen molar-refractivity contribution in [2.75, 3.05) is 0 Å². The first-order valence-electron chi connectivity index (χ1n) is 4.78. The summed E-state index contributed by atoms with van der Waals surface area (Å²) in [6, 6.07) is 9.88. The fraction of sp³-hybridized carbons (Fsp3) is 0.167. The zero-order chi connectivity index (χ0) is 10.7. The first-order chi connectivity index (χ1) is 7.29. The van der Waals surface area contributed by atoms with Gasteiger partial charge < -0.3 is 0 Å². The average molecular weight is 198 g/mol. The lowest BCUT2D eigenvalue weighted by Crippen LogP contribution is -2.23. The first kappa shape index (κ1) is 9.47. The van der Waals surface area contributed by atoms with E-state index < -0.39 is 0 Å². The van der Waals surface area contributed by atoms with Crippen LogP contribution in [-0.2, 0) is 13.6 Å². The van der Waals surface area contributed by atoms with Crippen LogP contribution in [0.2, 0.25) is 0 Å². The van der Waals surface area contributed by atoms with Gasteiger partial charge in [-0.2, -0.15) is 5.26 Å². The minimum Gasteiger partial charge on any atom is -0.240 e. The molecule has 2 aromatic rings. The third-order valence-electron chi connectivity index (χ3n) is 2.31. The molecule has 0 saturated heterocycles. The van der Waals surface area contributed by atoms with E-state index in [0.29, 0.717) is 0 Å². The van der Waals surface area contributed by atoms with E-state index in [1.807, 2.05) is 54.6 Å². The van der Waals surface area contributed by atoms with Crippen molar-refractivity contribution >= 4 is 0 Å². The molecular weight excluding hydrogens is 186 g/mol. The van der Waals surface area contributed by atoms with Crippen molar-refractivity contribution in [1.82, 2.24) is 4.57 Å².